The Bertz CT molecular complexity index is 638. The maximum Gasteiger partial charge on any atom is 0.335 e. The fraction of sp³-hybridized carbons (Fsp3) is 0.385. The van der Waals surface area contributed by atoms with Crippen LogP contribution in [0.15, 0.2) is 24.3 Å². The molecule has 108 valence electrons. The molecule has 2 N–H and O–H groups in total. The molecule has 1 aromatic carbocycles. The summed E-state index contributed by atoms with van der Waals surface area (Å²) < 4.78 is 22.6. The van der Waals surface area contributed by atoms with Crippen molar-refractivity contribution in [1.29, 1.82) is 0 Å². The van der Waals surface area contributed by atoms with Crippen molar-refractivity contribution in [2.75, 3.05) is 11.5 Å². The molecule has 0 radical (unpaired) electrons. The van der Waals surface area contributed by atoms with E-state index in [1.807, 2.05) is 0 Å². The number of carbonyl (C=O) groups excluding carboxylic acids is 1. The number of sulfone groups is 1. The highest BCUT2D eigenvalue weighted by atomic mass is 32.2. The molecule has 0 spiro atoms. The second-order valence-electron chi connectivity index (χ2n) is 4.82. The lowest BCUT2D eigenvalue weighted by atomic mass is 10.1. The lowest BCUT2D eigenvalue weighted by Gasteiger charge is -2.09. The maximum atomic E-state index is 11.8. The number of carbonyl (C=O) groups is 2. The molecular weight excluding hydrogens is 282 g/mol. The number of nitrogens with one attached hydrogen (secondary N) is 1. The van der Waals surface area contributed by atoms with Crippen LogP contribution >= 0.6 is 0 Å². The molecule has 1 amide bonds. The molecule has 1 aliphatic rings. The zero-order valence-corrected chi connectivity index (χ0v) is 11.5. The Labute approximate surface area is 116 Å². The number of hydrogen-bond donors (Lipinski definition) is 2. The van der Waals surface area contributed by atoms with Gasteiger partial charge in [-0.2, -0.15) is 0 Å². The second-order valence-corrected chi connectivity index (χ2v) is 7.05. The van der Waals surface area contributed by atoms with Gasteiger partial charge in [-0.1, -0.05) is 12.1 Å². The van der Waals surface area contributed by atoms with E-state index in [-0.39, 0.29) is 29.5 Å². The Hall–Kier alpha value is -1.89. The lowest BCUT2D eigenvalue weighted by molar-refractivity contribution is -0.124. The summed E-state index contributed by atoms with van der Waals surface area (Å²) in [6.07, 6.45) is 0.351. The molecular formula is C13H15NO5S. The van der Waals surface area contributed by atoms with Crippen molar-refractivity contribution in [2.24, 2.45) is 5.92 Å². The minimum Gasteiger partial charge on any atom is -0.478 e. The smallest absolute Gasteiger partial charge is 0.335 e. The molecule has 1 saturated heterocycles. The maximum absolute atomic E-state index is 11.8. The molecule has 0 aromatic heterocycles. The van der Waals surface area contributed by atoms with Crippen LogP contribution in [0.4, 0.5) is 0 Å². The van der Waals surface area contributed by atoms with Crippen molar-refractivity contribution in [3.63, 3.8) is 0 Å². The van der Waals surface area contributed by atoms with E-state index in [4.69, 9.17) is 5.11 Å². The Morgan fingerprint density at radius 3 is 2.70 bits per heavy atom. The van der Waals surface area contributed by atoms with Crippen LogP contribution in [0.2, 0.25) is 0 Å². The fourth-order valence-electron chi connectivity index (χ4n) is 2.15. The van der Waals surface area contributed by atoms with Crippen LogP contribution in [0.25, 0.3) is 0 Å². The Balaban J connectivity index is 1.94. The highest BCUT2D eigenvalue weighted by molar-refractivity contribution is 7.91. The van der Waals surface area contributed by atoms with E-state index in [1.54, 1.807) is 12.1 Å². The molecule has 1 aliphatic heterocycles. The normalized spacial score (nSPS) is 20.5. The minimum atomic E-state index is -3.08. The standard InChI is InChI=1S/C13H15NO5S/c15-12(11-4-5-20(18,19)8-11)14-7-9-2-1-3-10(6-9)13(16)17/h1-3,6,11H,4-5,7-8H2,(H,14,15)(H,16,17)/t11-/m0/s1. The van der Waals surface area contributed by atoms with Crippen LogP contribution in [0.5, 0.6) is 0 Å². The zero-order valence-electron chi connectivity index (χ0n) is 10.7. The van der Waals surface area contributed by atoms with Gasteiger partial charge in [0.15, 0.2) is 9.84 Å². The predicted molar refractivity (Wildman–Crippen MR) is 72.0 cm³/mol. The van der Waals surface area contributed by atoms with Gasteiger partial charge in [0.2, 0.25) is 5.91 Å². The van der Waals surface area contributed by atoms with Gasteiger partial charge in [0.25, 0.3) is 0 Å². The topological polar surface area (TPSA) is 101 Å². The predicted octanol–water partition coefficient (Wildman–Crippen LogP) is 0.436. The number of hydrogen-bond acceptors (Lipinski definition) is 4. The van der Waals surface area contributed by atoms with Gasteiger partial charge in [-0.05, 0) is 24.1 Å². The van der Waals surface area contributed by atoms with Crippen LogP contribution in [-0.2, 0) is 21.2 Å². The van der Waals surface area contributed by atoms with Crippen molar-refractivity contribution in [1.82, 2.24) is 5.32 Å². The Morgan fingerprint density at radius 2 is 2.10 bits per heavy atom. The van der Waals surface area contributed by atoms with Crippen LogP contribution in [-0.4, -0.2) is 36.9 Å². The molecule has 7 heteroatoms. The third kappa shape index (κ3) is 3.57. The molecule has 0 bridgehead atoms. The van der Waals surface area contributed by atoms with Crippen molar-refractivity contribution >= 4 is 21.7 Å². The van der Waals surface area contributed by atoms with Gasteiger partial charge in [0.1, 0.15) is 0 Å². The van der Waals surface area contributed by atoms with Gasteiger partial charge in [0.05, 0.1) is 23.0 Å². The van der Waals surface area contributed by atoms with E-state index in [9.17, 15) is 18.0 Å². The monoisotopic (exact) mass is 297 g/mol. The van der Waals surface area contributed by atoms with Gasteiger partial charge in [0, 0.05) is 6.54 Å². The Kier molecular flexibility index (Phi) is 4.08. The van der Waals surface area contributed by atoms with Crippen molar-refractivity contribution in [2.45, 2.75) is 13.0 Å². The summed E-state index contributed by atoms with van der Waals surface area (Å²) in [6, 6.07) is 6.26. The van der Waals surface area contributed by atoms with E-state index in [1.165, 1.54) is 12.1 Å². The molecule has 0 unspecified atom stereocenters. The second kappa shape index (κ2) is 5.62. The summed E-state index contributed by atoms with van der Waals surface area (Å²) >= 11 is 0. The number of benzene rings is 1. The van der Waals surface area contributed by atoms with Crippen LogP contribution in [0.1, 0.15) is 22.3 Å². The summed E-state index contributed by atoms with van der Waals surface area (Å²) in [6.45, 7) is 0.191. The summed E-state index contributed by atoms with van der Waals surface area (Å²) in [7, 11) is -3.08. The lowest BCUT2D eigenvalue weighted by Crippen LogP contribution is -2.30. The molecule has 1 fully saturated rings. The van der Waals surface area contributed by atoms with Gasteiger partial charge < -0.3 is 10.4 Å². The van der Waals surface area contributed by atoms with Gasteiger partial charge in [-0.25, -0.2) is 13.2 Å². The molecule has 2 rings (SSSR count). The largest absolute Gasteiger partial charge is 0.478 e. The van der Waals surface area contributed by atoms with E-state index >= 15 is 0 Å². The first-order chi connectivity index (χ1) is 9.37. The molecule has 20 heavy (non-hydrogen) atoms. The van der Waals surface area contributed by atoms with Crippen molar-refractivity contribution in [3.8, 4) is 0 Å². The van der Waals surface area contributed by atoms with E-state index in [2.05, 4.69) is 5.32 Å². The first-order valence-corrected chi connectivity index (χ1v) is 8.00. The molecule has 0 saturated carbocycles. The number of carboxylic acids is 1. The van der Waals surface area contributed by atoms with Crippen molar-refractivity contribution < 1.29 is 23.1 Å². The molecule has 6 nitrogen and oxygen atoms in total. The van der Waals surface area contributed by atoms with Crippen LogP contribution < -0.4 is 5.32 Å². The van der Waals surface area contributed by atoms with Gasteiger partial charge in [-0.3, -0.25) is 4.79 Å². The quantitative estimate of drug-likeness (QED) is 0.839. The van der Waals surface area contributed by atoms with Crippen LogP contribution in [0.3, 0.4) is 0 Å². The van der Waals surface area contributed by atoms with Crippen LogP contribution in [0, 0.1) is 5.92 Å². The van der Waals surface area contributed by atoms with Gasteiger partial charge >= 0.3 is 5.97 Å². The molecule has 1 aromatic rings. The summed E-state index contributed by atoms with van der Waals surface area (Å²) in [5, 5.41) is 11.5. The molecule has 1 heterocycles. The number of aromatic carboxylic acids is 1. The highest BCUT2D eigenvalue weighted by Crippen LogP contribution is 2.18. The summed E-state index contributed by atoms with van der Waals surface area (Å²) in [5.41, 5.74) is 0.819. The van der Waals surface area contributed by atoms with E-state index in [0.717, 1.165) is 0 Å². The van der Waals surface area contributed by atoms with Gasteiger partial charge in [-0.15, -0.1) is 0 Å². The molecule has 1 atom stereocenters. The third-order valence-corrected chi connectivity index (χ3v) is 5.01. The number of carboxylic acid groups (broad SMARTS) is 1. The average Bonchev–Trinajstić information content (AvgIpc) is 2.77. The highest BCUT2D eigenvalue weighted by Gasteiger charge is 2.32. The molecule has 0 aliphatic carbocycles. The third-order valence-electron chi connectivity index (χ3n) is 3.24. The fourth-order valence-corrected chi connectivity index (χ4v) is 3.89. The van der Waals surface area contributed by atoms with Crippen molar-refractivity contribution in [3.05, 3.63) is 35.4 Å². The number of amides is 1. The van der Waals surface area contributed by atoms with E-state index in [0.29, 0.717) is 12.0 Å². The average molecular weight is 297 g/mol. The summed E-state index contributed by atoms with van der Waals surface area (Å²) in [4.78, 5) is 22.7. The first-order valence-electron chi connectivity index (χ1n) is 6.18. The first kappa shape index (κ1) is 14.5. The number of rotatable bonds is 4. The SMILES string of the molecule is O=C(O)c1cccc(CNC(=O)[C@H]2CCS(=O)(=O)C2)c1. The Morgan fingerprint density at radius 1 is 1.35 bits per heavy atom. The minimum absolute atomic E-state index is 0.0551. The summed E-state index contributed by atoms with van der Waals surface area (Å²) in [5.74, 6) is -1.87. The van der Waals surface area contributed by atoms with E-state index < -0.39 is 21.7 Å². The zero-order chi connectivity index (χ0) is 14.8.